The Morgan fingerprint density at radius 1 is 1.36 bits per heavy atom. The van der Waals surface area contributed by atoms with Gasteiger partial charge in [-0.25, -0.2) is 4.98 Å². The lowest BCUT2D eigenvalue weighted by Crippen LogP contribution is -2.30. The van der Waals surface area contributed by atoms with Gasteiger partial charge in [-0.2, -0.15) is 11.3 Å². The smallest absolute Gasteiger partial charge is 0.227 e. The van der Waals surface area contributed by atoms with Crippen LogP contribution in [0.2, 0.25) is 0 Å². The van der Waals surface area contributed by atoms with E-state index in [-0.39, 0.29) is 25.0 Å². The van der Waals surface area contributed by atoms with Crippen LogP contribution in [0.25, 0.3) is 11.5 Å². The Morgan fingerprint density at radius 3 is 2.89 bits per heavy atom. The number of oxazole rings is 1. The molecular formula is C21H24N2O4S. The van der Waals surface area contributed by atoms with Crippen LogP contribution in [0.5, 0.6) is 5.75 Å². The monoisotopic (exact) mass is 400 g/mol. The van der Waals surface area contributed by atoms with Gasteiger partial charge in [0.15, 0.2) is 0 Å². The molecule has 1 aromatic carbocycles. The van der Waals surface area contributed by atoms with Crippen molar-refractivity contribution in [3.8, 4) is 17.2 Å². The third kappa shape index (κ3) is 5.21. The number of ether oxygens (including phenoxy) is 1. The van der Waals surface area contributed by atoms with E-state index >= 15 is 0 Å². The van der Waals surface area contributed by atoms with Gasteiger partial charge < -0.3 is 19.6 Å². The number of carbonyl (C=O) groups is 1. The minimum absolute atomic E-state index is 0.0526. The fourth-order valence-electron chi connectivity index (χ4n) is 2.71. The van der Waals surface area contributed by atoms with Gasteiger partial charge in [-0.1, -0.05) is 12.1 Å². The van der Waals surface area contributed by atoms with Gasteiger partial charge in [0.05, 0.1) is 24.3 Å². The molecule has 6 nitrogen and oxygen atoms in total. The standard InChI is InChI=1S/C21H24N2O4S/c1-13(2)26-17-6-4-5-15(9-17)19(24)11-22-20(25)10-18-14(3)27-21(23-18)16-7-8-28-12-16/h4-9,12-13,19,24H,10-11H2,1-3H3,(H,22,25). The Morgan fingerprint density at radius 2 is 2.18 bits per heavy atom. The van der Waals surface area contributed by atoms with E-state index < -0.39 is 6.10 Å². The molecule has 0 spiro atoms. The molecule has 0 aliphatic rings. The number of thiophene rings is 1. The van der Waals surface area contributed by atoms with Crippen molar-refractivity contribution < 1.29 is 19.1 Å². The molecule has 0 bridgehead atoms. The molecule has 3 aromatic rings. The molecule has 1 unspecified atom stereocenters. The van der Waals surface area contributed by atoms with Crippen molar-refractivity contribution in [1.29, 1.82) is 0 Å². The van der Waals surface area contributed by atoms with Gasteiger partial charge in [0.25, 0.3) is 0 Å². The molecule has 0 aliphatic heterocycles. The molecule has 2 N–H and O–H groups in total. The highest BCUT2D eigenvalue weighted by Gasteiger charge is 2.16. The number of benzene rings is 1. The molecule has 28 heavy (non-hydrogen) atoms. The minimum atomic E-state index is -0.820. The molecule has 0 radical (unpaired) electrons. The number of amides is 1. The van der Waals surface area contributed by atoms with Crippen molar-refractivity contribution in [3.05, 3.63) is 58.1 Å². The Kier molecular flexibility index (Phi) is 6.49. The molecule has 2 heterocycles. The summed E-state index contributed by atoms with van der Waals surface area (Å²) in [6.45, 7) is 5.79. The van der Waals surface area contributed by atoms with E-state index in [1.165, 1.54) is 0 Å². The van der Waals surface area contributed by atoms with E-state index in [4.69, 9.17) is 9.15 Å². The van der Waals surface area contributed by atoms with Crippen LogP contribution in [0.3, 0.4) is 0 Å². The van der Waals surface area contributed by atoms with Gasteiger partial charge in [0.2, 0.25) is 11.8 Å². The lowest BCUT2D eigenvalue weighted by molar-refractivity contribution is -0.121. The molecule has 7 heteroatoms. The summed E-state index contributed by atoms with van der Waals surface area (Å²) >= 11 is 1.56. The average Bonchev–Trinajstić information content (AvgIpc) is 3.30. The highest BCUT2D eigenvalue weighted by atomic mass is 32.1. The van der Waals surface area contributed by atoms with Crippen molar-refractivity contribution in [2.24, 2.45) is 0 Å². The summed E-state index contributed by atoms with van der Waals surface area (Å²) in [4.78, 5) is 16.7. The molecular weight excluding hydrogens is 376 g/mol. The Balaban J connectivity index is 1.56. The zero-order chi connectivity index (χ0) is 20.1. The second-order valence-electron chi connectivity index (χ2n) is 6.77. The molecule has 1 amide bonds. The zero-order valence-corrected chi connectivity index (χ0v) is 17.0. The normalized spacial score (nSPS) is 12.2. The largest absolute Gasteiger partial charge is 0.491 e. The van der Waals surface area contributed by atoms with Crippen molar-refractivity contribution in [1.82, 2.24) is 10.3 Å². The number of carbonyl (C=O) groups excluding carboxylic acids is 1. The van der Waals surface area contributed by atoms with Crippen molar-refractivity contribution in [2.75, 3.05) is 6.54 Å². The SMILES string of the molecule is Cc1oc(-c2ccsc2)nc1CC(=O)NCC(O)c1cccc(OC(C)C)c1. The maximum Gasteiger partial charge on any atom is 0.227 e. The number of hydrogen-bond donors (Lipinski definition) is 2. The second kappa shape index (κ2) is 9.03. The number of rotatable bonds is 8. The number of hydrogen-bond acceptors (Lipinski definition) is 6. The number of aryl methyl sites for hydroxylation is 1. The summed E-state index contributed by atoms with van der Waals surface area (Å²) in [5.41, 5.74) is 2.19. The van der Waals surface area contributed by atoms with E-state index in [0.717, 1.165) is 5.56 Å². The van der Waals surface area contributed by atoms with E-state index in [1.54, 1.807) is 30.4 Å². The van der Waals surface area contributed by atoms with Crippen molar-refractivity contribution in [2.45, 2.75) is 39.4 Å². The van der Waals surface area contributed by atoms with E-state index in [9.17, 15) is 9.90 Å². The molecule has 2 aromatic heterocycles. The fourth-order valence-corrected chi connectivity index (χ4v) is 3.34. The third-order valence-electron chi connectivity index (χ3n) is 4.10. The first-order valence-corrected chi connectivity index (χ1v) is 10.1. The molecule has 148 valence electrons. The van der Waals surface area contributed by atoms with Crippen LogP contribution in [-0.4, -0.2) is 28.6 Å². The summed E-state index contributed by atoms with van der Waals surface area (Å²) < 4.78 is 11.3. The quantitative estimate of drug-likeness (QED) is 0.599. The van der Waals surface area contributed by atoms with Crippen LogP contribution in [-0.2, 0) is 11.2 Å². The fraction of sp³-hybridized carbons (Fsp3) is 0.333. The molecule has 0 aliphatic carbocycles. The first-order chi connectivity index (χ1) is 13.4. The predicted molar refractivity (Wildman–Crippen MR) is 108 cm³/mol. The van der Waals surface area contributed by atoms with Crippen LogP contribution in [0.15, 0.2) is 45.5 Å². The van der Waals surface area contributed by atoms with Crippen LogP contribution in [0, 0.1) is 6.92 Å². The van der Waals surface area contributed by atoms with Gasteiger partial charge in [-0.15, -0.1) is 0 Å². The minimum Gasteiger partial charge on any atom is -0.491 e. The lowest BCUT2D eigenvalue weighted by atomic mass is 10.1. The van der Waals surface area contributed by atoms with Crippen LogP contribution in [0.4, 0.5) is 0 Å². The lowest BCUT2D eigenvalue weighted by Gasteiger charge is -2.15. The summed E-state index contributed by atoms with van der Waals surface area (Å²) in [5, 5.41) is 17.0. The number of aromatic nitrogens is 1. The Labute approximate surface area is 168 Å². The van der Waals surface area contributed by atoms with Gasteiger partial charge >= 0.3 is 0 Å². The highest BCUT2D eigenvalue weighted by Crippen LogP contribution is 2.24. The number of nitrogens with zero attached hydrogens (tertiary/aromatic N) is 1. The topological polar surface area (TPSA) is 84.6 Å². The highest BCUT2D eigenvalue weighted by molar-refractivity contribution is 7.08. The molecule has 1 atom stereocenters. The predicted octanol–water partition coefficient (Wildman–Crippen LogP) is 3.89. The first kappa shape index (κ1) is 20.1. The maximum atomic E-state index is 12.3. The Bertz CT molecular complexity index is 918. The average molecular weight is 401 g/mol. The van der Waals surface area contributed by atoms with Crippen molar-refractivity contribution >= 4 is 17.2 Å². The van der Waals surface area contributed by atoms with E-state index in [1.807, 2.05) is 42.8 Å². The maximum absolute atomic E-state index is 12.3. The van der Waals surface area contributed by atoms with Crippen LogP contribution < -0.4 is 10.1 Å². The number of nitrogens with one attached hydrogen (secondary N) is 1. The van der Waals surface area contributed by atoms with Crippen LogP contribution >= 0.6 is 11.3 Å². The molecule has 0 saturated heterocycles. The van der Waals surface area contributed by atoms with Crippen molar-refractivity contribution in [3.63, 3.8) is 0 Å². The van der Waals surface area contributed by atoms with Gasteiger partial charge in [0.1, 0.15) is 11.5 Å². The summed E-state index contributed by atoms with van der Waals surface area (Å²) in [6.07, 6.45) is -0.668. The van der Waals surface area contributed by atoms with Crippen LogP contribution in [0.1, 0.15) is 37.0 Å². The Hall–Kier alpha value is -2.64. The molecule has 3 rings (SSSR count). The number of aliphatic hydroxyl groups is 1. The third-order valence-corrected chi connectivity index (χ3v) is 4.78. The number of aliphatic hydroxyl groups excluding tert-OH is 1. The van der Waals surface area contributed by atoms with Gasteiger partial charge in [-0.05, 0) is 49.9 Å². The van der Waals surface area contributed by atoms with Gasteiger partial charge in [-0.3, -0.25) is 4.79 Å². The van der Waals surface area contributed by atoms with E-state index in [0.29, 0.717) is 28.7 Å². The zero-order valence-electron chi connectivity index (χ0n) is 16.1. The second-order valence-corrected chi connectivity index (χ2v) is 7.55. The molecule has 0 saturated carbocycles. The summed E-state index contributed by atoms with van der Waals surface area (Å²) in [5.74, 6) is 1.61. The summed E-state index contributed by atoms with van der Waals surface area (Å²) in [6, 6.07) is 9.17. The summed E-state index contributed by atoms with van der Waals surface area (Å²) in [7, 11) is 0. The first-order valence-electron chi connectivity index (χ1n) is 9.12. The molecule has 0 fully saturated rings. The van der Waals surface area contributed by atoms with E-state index in [2.05, 4.69) is 10.3 Å². The van der Waals surface area contributed by atoms with Gasteiger partial charge in [0, 0.05) is 17.5 Å².